The van der Waals surface area contributed by atoms with Crippen LogP contribution in [0.5, 0.6) is 6.01 Å². The minimum Gasteiger partial charge on any atom is -0.467 e. The molecule has 4 aromatic rings. The van der Waals surface area contributed by atoms with Gasteiger partial charge in [0.15, 0.2) is 0 Å². The van der Waals surface area contributed by atoms with Crippen LogP contribution in [0.25, 0.3) is 0 Å². The van der Waals surface area contributed by atoms with Gasteiger partial charge in [-0.15, -0.1) is 0 Å². The van der Waals surface area contributed by atoms with E-state index in [1.807, 2.05) is 25.4 Å². The Morgan fingerprint density at radius 1 is 0.677 bits per heavy atom. The predicted molar refractivity (Wildman–Crippen MR) is 119 cm³/mol. The molecule has 0 bridgehead atoms. The number of ether oxygens (including phenoxy) is 1. The second kappa shape index (κ2) is 8.26. The highest BCUT2D eigenvalue weighted by Gasteiger charge is 2.54. The smallest absolute Gasteiger partial charge is 0.316 e. The van der Waals surface area contributed by atoms with Gasteiger partial charge in [0.2, 0.25) is 0 Å². The highest BCUT2D eigenvalue weighted by Crippen LogP contribution is 2.65. The molecule has 5 rings (SSSR count). The number of rotatable bonds is 5. The molecular formula is C26H24N4O. The molecule has 2 atom stereocenters. The van der Waals surface area contributed by atoms with Gasteiger partial charge in [0.05, 0.1) is 24.2 Å². The Labute approximate surface area is 182 Å². The molecule has 2 heterocycles. The van der Waals surface area contributed by atoms with Crippen molar-refractivity contribution in [2.24, 2.45) is 0 Å². The van der Waals surface area contributed by atoms with E-state index >= 15 is 0 Å². The number of methoxy groups -OCH3 is 1. The Kier molecular flexibility index (Phi) is 5.16. The van der Waals surface area contributed by atoms with E-state index < -0.39 is 0 Å². The van der Waals surface area contributed by atoms with Crippen LogP contribution in [-0.4, -0.2) is 27.0 Å². The van der Waals surface area contributed by atoms with Crippen molar-refractivity contribution in [2.45, 2.75) is 30.6 Å². The maximum atomic E-state index is 5.34. The molecule has 0 spiro atoms. The summed E-state index contributed by atoms with van der Waals surface area (Å²) in [4.78, 5) is 18.3. The van der Waals surface area contributed by atoms with Crippen LogP contribution in [-0.2, 0) is 0 Å². The Balaban J connectivity index is 1.69. The molecule has 1 aliphatic rings. The highest BCUT2D eigenvalue weighted by molar-refractivity contribution is 5.45. The SMILES string of the molecule is COc1nccc(C2[C@H](c3ccccc3)C(c3cncc(C)n3)[C@H]2c2ccccc2)n1. The Hall–Kier alpha value is -3.60. The van der Waals surface area contributed by atoms with Crippen LogP contribution in [0.4, 0.5) is 0 Å². The van der Waals surface area contributed by atoms with Gasteiger partial charge in [0.1, 0.15) is 0 Å². The van der Waals surface area contributed by atoms with Crippen LogP contribution in [0, 0.1) is 6.92 Å². The van der Waals surface area contributed by atoms with Crippen molar-refractivity contribution >= 4 is 0 Å². The molecule has 0 N–H and O–H groups in total. The molecule has 31 heavy (non-hydrogen) atoms. The van der Waals surface area contributed by atoms with Gasteiger partial charge in [0, 0.05) is 42.3 Å². The van der Waals surface area contributed by atoms with Crippen molar-refractivity contribution in [3.63, 3.8) is 0 Å². The fourth-order valence-corrected chi connectivity index (χ4v) is 4.95. The van der Waals surface area contributed by atoms with Crippen LogP contribution in [0.1, 0.15) is 51.9 Å². The first-order valence-electron chi connectivity index (χ1n) is 10.5. The van der Waals surface area contributed by atoms with E-state index in [1.54, 1.807) is 13.3 Å². The van der Waals surface area contributed by atoms with Crippen molar-refractivity contribution < 1.29 is 4.74 Å². The van der Waals surface area contributed by atoms with E-state index in [2.05, 4.69) is 70.6 Å². The lowest BCUT2D eigenvalue weighted by Gasteiger charge is -2.52. The summed E-state index contributed by atoms with van der Waals surface area (Å²) >= 11 is 0. The Bertz CT molecular complexity index is 1120. The van der Waals surface area contributed by atoms with Crippen molar-refractivity contribution in [1.29, 1.82) is 0 Å². The van der Waals surface area contributed by atoms with E-state index in [0.717, 1.165) is 17.1 Å². The summed E-state index contributed by atoms with van der Waals surface area (Å²) in [6.45, 7) is 2.00. The van der Waals surface area contributed by atoms with Gasteiger partial charge in [-0.1, -0.05) is 60.7 Å². The zero-order valence-corrected chi connectivity index (χ0v) is 17.6. The first-order chi connectivity index (χ1) is 15.3. The maximum absolute atomic E-state index is 5.34. The predicted octanol–water partition coefficient (Wildman–Crippen LogP) is 5.03. The Morgan fingerprint density at radius 2 is 1.29 bits per heavy atom. The largest absolute Gasteiger partial charge is 0.467 e. The van der Waals surface area contributed by atoms with Crippen molar-refractivity contribution in [3.8, 4) is 6.01 Å². The van der Waals surface area contributed by atoms with Crippen LogP contribution in [0.15, 0.2) is 85.3 Å². The quantitative estimate of drug-likeness (QED) is 0.463. The second-order valence-electron chi connectivity index (χ2n) is 7.98. The number of hydrogen-bond donors (Lipinski definition) is 0. The standard InChI is InChI=1S/C26H24N4O/c1-17-15-27-16-21(29-17)25-22(18-9-5-3-6-10-18)24(20-13-14-28-26(30-20)31-2)23(25)19-11-7-4-8-12-19/h3-16,22-25H,1-2H3/t22-,23-,24?,25?/m0/s1. The summed E-state index contributed by atoms with van der Waals surface area (Å²) in [5, 5.41) is 0. The minimum absolute atomic E-state index is 0.175. The van der Waals surface area contributed by atoms with Crippen molar-refractivity contribution in [3.05, 3.63) is 114 Å². The molecule has 0 aliphatic heterocycles. The number of benzene rings is 2. The summed E-state index contributed by atoms with van der Waals surface area (Å²) < 4.78 is 5.34. The summed E-state index contributed by atoms with van der Waals surface area (Å²) in [5.74, 6) is 0.821. The number of aryl methyl sites for hydroxylation is 1. The van der Waals surface area contributed by atoms with E-state index in [0.29, 0.717) is 6.01 Å². The molecule has 2 aromatic heterocycles. The summed E-state index contributed by atoms with van der Waals surface area (Å²) in [7, 11) is 1.61. The molecule has 1 fully saturated rings. The lowest BCUT2D eigenvalue weighted by molar-refractivity contribution is 0.217. The third-order valence-electron chi connectivity index (χ3n) is 6.21. The Morgan fingerprint density at radius 3 is 1.87 bits per heavy atom. The van der Waals surface area contributed by atoms with Crippen LogP contribution < -0.4 is 4.74 Å². The van der Waals surface area contributed by atoms with Gasteiger partial charge < -0.3 is 4.74 Å². The van der Waals surface area contributed by atoms with Gasteiger partial charge in [0.25, 0.3) is 0 Å². The fourth-order valence-electron chi connectivity index (χ4n) is 4.95. The molecule has 154 valence electrons. The van der Waals surface area contributed by atoms with Gasteiger partial charge in [-0.25, -0.2) is 4.98 Å². The van der Waals surface area contributed by atoms with Crippen LogP contribution in [0.2, 0.25) is 0 Å². The topological polar surface area (TPSA) is 60.8 Å². The zero-order valence-electron chi connectivity index (χ0n) is 17.6. The first kappa shape index (κ1) is 19.4. The van der Waals surface area contributed by atoms with Crippen molar-refractivity contribution in [2.75, 3.05) is 7.11 Å². The third-order valence-corrected chi connectivity index (χ3v) is 6.21. The lowest BCUT2D eigenvalue weighted by Crippen LogP contribution is -2.41. The summed E-state index contributed by atoms with van der Waals surface area (Å²) in [6, 6.07) is 23.7. The van der Waals surface area contributed by atoms with Crippen LogP contribution in [0.3, 0.4) is 0 Å². The second-order valence-corrected chi connectivity index (χ2v) is 7.98. The van der Waals surface area contributed by atoms with Gasteiger partial charge >= 0.3 is 6.01 Å². The normalized spacial score (nSPS) is 22.5. The van der Waals surface area contributed by atoms with E-state index in [4.69, 9.17) is 14.7 Å². The lowest BCUT2D eigenvalue weighted by atomic mass is 9.50. The molecule has 1 aliphatic carbocycles. The molecule has 0 saturated heterocycles. The van der Waals surface area contributed by atoms with Crippen molar-refractivity contribution in [1.82, 2.24) is 19.9 Å². The fraction of sp³-hybridized carbons (Fsp3) is 0.231. The third kappa shape index (κ3) is 3.56. The molecule has 0 amide bonds. The minimum atomic E-state index is 0.175. The number of hydrogen-bond acceptors (Lipinski definition) is 5. The maximum Gasteiger partial charge on any atom is 0.316 e. The molecular weight excluding hydrogens is 384 g/mol. The van der Waals surface area contributed by atoms with Gasteiger partial charge in [-0.05, 0) is 24.1 Å². The molecule has 5 nitrogen and oxygen atoms in total. The first-order valence-corrected chi connectivity index (χ1v) is 10.5. The van der Waals surface area contributed by atoms with Gasteiger partial charge in [-0.2, -0.15) is 4.98 Å². The summed E-state index contributed by atoms with van der Waals surface area (Å²) in [6.07, 6.45) is 5.51. The molecule has 0 radical (unpaired) electrons. The molecule has 2 aromatic carbocycles. The number of nitrogens with zero attached hydrogens (tertiary/aromatic N) is 4. The molecule has 0 unspecified atom stereocenters. The van der Waals surface area contributed by atoms with Gasteiger partial charge in [-0.3, -0.25) is 9.97 Å². The highest BCUT2D eigenvalue weighted by atomic mass is 16.5. The monoisotopic (exact) mass is 408 g/mol. The molecule has 5 heteroatoms. The van der Waals surface area contributed by atoms with E-state index in [-0.39, 0.29) is 23.7 Å². The van der Waals surface area contributed by atoms with Crippen LogP contribution >= 0.6 is 0 Å². The van der Waals surface area contributed by atoms with E-state index in [1.165, 1.54) is 11.1 Å². The molecule has 1 saturated carbocycles. The average Bonchev–Trinajstić information content (AvgIpc) is 2.80. The average molecular weight is 409 g/mol. The number of aromatic nitrogens is 4. The van der Waals surface area contributed by atoms with E-state index in [9.17, 15) is 0 Å². The zero-order chi connectivity index (χ0) is 21.2. The summed E-state index contributed by atoms with van der Waals surface area (Å²) in [5.41, 5.74) is 5.52.